The highest BCUT2D eigenvalue weighted by atomic mass is 32.2. The number of hydrogen-bond acceptors (Lipinski definition) is 4. The van der Waals surface area contributed by atoms with Crippen LogP contribution in [0.15, 0.2) is 47.6 Å². The number of rotatable bonds is 7. The molecule has 0 aliphatic heterocycles. The predicted octanol–water partition coefficient (Wildman–Crippen LogP) is 6.03. The number of aromatic nitrogens is 3. The van der Waals surface area contributed by atoms with Crippen molar-refractivity contribution in [2.24, 2.45) is 0 Å². The number of carbonyl (C=O) groups is 1. The third kappa shape index (κ3) is 5.41. The molecule has 2 aromatic carbocycles. The molecule has 0 saturated heterocycles. The van der Waals surface area contributed by atoms with Crippen LogP contribution in [0, 0.1) is 20.8 Å². The van der Waals surface area contributed by atoms with Crippen LogP contribution in [0.1, 0.15) is 66.2 Å². The Morgan fingerprint density at radius 1 is 1.03 bits per heavy atom. The van der Waals surface area contributed by atoms with E-state index < -0.39 is 0 Å². The van der Waals surface area contributed by atoms with Gasteiger partial charge in [0, 0.05) is 18.2 Å². The van der Waals surface area contributed by atoms with Gasteiger partial charge in [-0.1, -0.05) is 79.1 Å². The lowest BCUT2D eigenvalue weighted by molar-refractivity contribution is -0.113. The Morgan fingerprint density at radius 2 is 1.72 bits per heavy atom. The summed E-state index contributed by atoms with van der Waals surface area (Å²) in [5, 5.41) is 13.0. The van der Waals surface area contributed by atoms with Crippen LogP contribution >= 0.6 is 11.8 Å². The van der Waals surface area contributed by atoms with Crippen LogP contribution in [0.4, 0.5) is 5.69 Å². The molecular weight excluding hydrogens is 416 g/mol. The number of amides is 1. The van der Waals surface area contributed by atoms with E-state index >= 15 is 0 Å². The van der Waals surface area contributed by atoms with Crippen molar-refractivity contribution in [3.05, 3.63) is 70.5 Å². The van der Waals surface area contributed by atoms with Gasteiger partial charge in [-0.2, -0.15) is 0 Å². The number of nitrogens with zero attached hydrogens (tertiary/aromatic N) is 3. The van der Waals surface area contributed by atoms with E-state index in [1.54, 1.807) is 0 Å². The Kier molecular flexibility index (Phi) is 7.30. The molecule has 0 spiro atoms. The van der Waals surface area contributed by atoms with Crippen LogP contribution in [0.3, 0.4) is 0 Å². The van der Waals surface area contributed by atoms with Crippen LogP contribution < -0.4 is 5.32 Å². The fourth-order valence-corrected chi connectivity index (χ4v) is 5.52. The molecule has 1 aliphatic carbocycles. The molecule has 1 heterocycles. The molecular formula is C26H32N4OS. The Balaban J connectivity index is 1.49. The first-order chi connectivity index (χ1) is 15.5. The fraction of sp³-hybridized carbons (Fsp3) is 0.423. The second-order valence-corrected chi connectivity index (χ2v) is 9.78. The van der Waals surface area contributed by atoms with E-state index in [1.807, 2.05) is 19.9 Å². The van der Waals surface area contributed by atoms with Crippen molar-refractivity contribution in [2.45, 2.75) is 70.5 Å². The van der Waals surface area contributed by atoms with Gasteiger partial charge in [0.25, 0.3) is 0 Å². The maximum atomic E-state index is 12.8. The number of nitrogens with one attached hydrogen (secondary N) is 1. The normalized spacial score (nSPS) is 14.5. The first-order valence-electron chi connectivity index (χ1n) is 11.5. The second kappa shape index (κ2) is 10.3. The van der Waals surface area contributed by atoms with Gasteiger partial charge in [0.1, 0.15) is 5.82 Å². The molecule has 0 radical (unpaired) electrons. The van der Waals surface area contributed by atoms with Gasteiger partial charge in [0.15, 0.2) is 5.16 Å². The molecule has 1 aromatic heterocycles. The lowest BCUT2D eigenvalue weighted by atomic mass is 9.95. The minimum absolute atomic E-state index is 0.00661. The van der Waals surface area contributed by atoms with E-state index in [2.05, 4.69) is 63.4 Å². The zero-order chi connectivity index (χ0) is 22.5. The van der Waals surface area contributed by atoms with Gasteiger partial charge < -0.3 is 9.88 Å². The van der Waals surface area contributed by atoms with Crippen molar-refractivity contribution in [3.8, 4) is 0 Å². The molecule has 0 unspecified atom stereocenters. The lowest BCUT2D eigenvalue weighted by Gasteiger charge is -2.25. The molecule has 0 atom stereocenters. The molecule has 168 valence electrons. The quantitative estimate of drug-likeness (QED) is 0.448. The zero-order valence-corrected chi connectivity index (χ0v) is 20.0. The van der Waals surface area contributed by atoms with Gasteiger partial charge in [-0.15, -0.1) is 10.2 Å². The molecule has 1 saturated carbocycles. The zero-order valence-electron chi connectivity index (χ0n) is 19.2. The van der Waals surface area contributed by atoms with Gasteiger partial charge in [-0.3, -0.25) is 4.79 Å². The van der Waals surface area contributed by atoms with Crippen molar-refractivity contribution < 1.29 is 4.79 Å². The molecule has 32 heavy (non-hydrogen) atoms. The molecule has 1 fully saturated rings. The SMILES string of the molecule is Cc1cc(C)c(NC(=O)CSc2nnc(Cc3ccccc3)n2C2CCCCC2)c(C)c1. The molecule has 1 amide bonds. The highest BCUT2D eigenvalue weighted by molar-refractivity contribution is 7.99. The number of anilines is 1. The average molecular weight is 449 g/mol. The van der Waals surface area contributed by atoms with Crippen LogP contribution in [0.25, 0.3) is 0 Å². The lowest BCUT2D eigenvalue weighted by Crippen LogP contribution is -2.19. The summed E-state index contributed by atoms with van der Waals surface area (Å²) in [7, 11) is 0. The van der Waals surface area contributed by atoms with Gasteiger partial charge >= 0.3 is 0 Å². The maximum Gasteiger partial charge on any atom is 0.234 e. The Morgan fingerprint density at radius 3 is 2.41 bits per heavy atom. The summed E-state index contributed by atoms with van der Waals surface area (Å²) in [5.41, 5.74) is 5.54. The number of benzene rings is 2. The molecule has 6 heteroatoms. The van der Waals surface area contributed by atoms with Gasteiger partial charge in [-0.25, -0.2) is 0 Å². The Bertz CT molecular complexity index is 1050. The average Bonchev–Trinajstić information content (AvgIpc) is 3.18. The summed E-state index contributed by atoms with van der Waals surface area (Å²) in [6.45, 7) is 6.16. The second-order valence-electron chi connectivity index (χ2n) is 8.83. The monoisotopic (exact) mass is 448 g/mol. The van der Waals surface area contributed by atoms with E-state index in [9.17, 15) is 4.79 Å². The van der Waals surface area contributed by atoms with Crippen molar-refractivity contribution in [2.75, 3.05) is 11.1 Å². The fourth-order valence-electron chi connectivity index (χ4n) is 4.69. The molecule has 3 aromatic rings. The number of aryl methyl sites for hydroxylation is 3. The van der Waals surface area contributed by atoms with Crippen LogP contribution in [-0.2, 0) is 11.2 Å². The van der Waals surface area contributed by atoms with E-state index in [0.29, 0.717) is 11.8 Å². The van der Waals surface area contributed by atoms with Crippen LogP contribution in [-0.4, -0.2) is 26.4 Å². The Labute approximate surface area is 195 Å². The van der Waals surface area contributed by atoms with E-state index in [0.717, 1.165) is 47.1 Å². The topological polar surface area (TPSA) is 59.8 Å². The maximum absolute atomic E-state index is 12.8. The van der Waals surface area contributed by atoms with Gasteiger partial charge in [0.05, 0.1) is 5.75 Å². The van der Waals surface area contributed by atoms with E-state index in [-0.39, 0.29) is 5.91 Å². The Hall–Kier alpha value is -2.60. The minimum atomic E-state index is -0.00661. The van der Waals surface area contributed by atoms with Gasteiger partial charge in [0.2, 0.25) is 5.91 Å². The van der Waals surface area contributed by atoms with Crippen LogP contribution in [0.5, 0.6) is 0 Å². The third-order valence-electron chi connectivity index (χ3n) is 6.15. The standard InChI is InChI=1S/C26H32N4OS/c1-18-14-19(2)25(20(3)15-18)27-24(31)17-32-26-29-28-23(16-21-10-6-4-7-11-21)30(26)22-12-8-5-9-13-22/h4,6-7,10-11,14-15,22H,5,8-9,12-13,16-17H2,1-3H3,(H,27,31). The number of thioether (sulfide) groups is 1. The van der Waals surface area contributed by atoms with Crippen LogP contribution in [0.2, 0.25) is 0 Å². The number of hydrogen-bond donors (Lipinski definition) is 1. The molecule has 4 rings (SSSR count). The summed E-state index contributed by atoms with van der Waals surface area (Å²) in [6, 6.07) is 15.0. The van der Waals surface area contributed by atoms with Crippen molar-refractivity contribution in [3.63, 3.8) is 0 Å². The molecule has 0 bridgehead atoms. The molecule has 1 aliphatic rings. The summed E-state index contributed by atoms with van der Waals surface area (Å²) in [6.07, 6.45) is 6.85. The first-order valence-corrected chi connectivity index (χ1v) is 12.5. The van der Waals surface area contributed by atoms with Crippen molar-refractivity contribution >= 4 is 23.4 Å². The van der Waals surface area contributed by atoms with Gasteiger partial charge in [-0.05, 0) is 50.3 Å². The highest BCUT2D eigenvalue weighted by Gasteiger charge is 2.23. The third-order valence-corrected chi connectivity index (χ3v) is 7.10. The summed E-state index contributed by atoms with van der Waals surface area (Å²) < 4.78 is 2.31. The largest absolute Gasteiger partial charge is 0.325 e. The first kappa shape index (κ1) is 22.6. The minimum Gasteiger partial charge on any atom is -0.325 e. The molecule has 5 nitrogen and oxygen atoms in total. The summed E-state index contributed by atoms with van der Waals surface area (Å²) in [4.78, 5) is 12.8. The summed E-state index contributed by atoms with van der Waals surface area (Å²) in [5.74, 6) is 1.31. The van der Waals surface area contributed by atoms with Crippen molar-refractivity contribution in [1.82, 2.24) is 14.8 Å². The van der Waals surface area contributed by atoms with E-state index in [4.69, 9.17) is 0 Å². The highest BCUT2D eigenvalue weighted by Crippen LogP contribution is 2.33. The van der Waals surface area contributed by atoms with Crippen molar-refractivity contribution in [1.29, 1.82) is 0 Å². The predicted molar refractivity (Wildman–Crippen MR) is 131 cm³/mol. The summed E-state index contributed by atoms with van der Waals surface area (Å²) >= 11 is 1.49. The van der Waals surface area contributed by atoms with E-state index in [1.165, 1.54) is 42.2 Å². The number of carbonyl (C=O) groups excluding carboxylic acids is 1. The molecule has 1 N–H and O–H groups in total. The smallest absolute Gasteiger partial charge is 0.234 e.